The number of carbonyl (C=O) groups is 1. The average Bonchev–Trinajstić information content (AvgIpc) is 2.75. The van der Waals surface area contributed by atoms with E-state index in [0.717, 1.165) is 27.9 Å². The van der Waals surface area contributed by atoms with Crippen LogP contribution < -0.4 is 5.32 Å². The van der Waals surface area contributed by atoms with Crippen LogP contribution in [0.1, 0.15) is 31.1 Å². The van der Waals surface area contributed by atoms with Gasteiger partial charge in [0, 0.05) is 4.88 Å². The molecular formula is C13H17N3O2S. The summed E-state index contributed by atoms with van der Waals surface area (Å²) in [5, 5.41) is 13.2. The monoisotopic (exact) mass is 279 g/mol. The number of hydrogen-bond donors (Lipinski definition) is 2. The molecule has 2 rings (SSSR count). The van der Waals surface area contributed by atoms with Crippen LogP contribution in [0.15, 0.2) is 12.4 Å². The van der Waals surface area contributed by atoms with E-state index in [1.807, 2.05) is 19.9 Å². The van der Waals surface area contributed by atoms with Crippen LogP contribution in [0.4, 0.5) is 5.82 Å². The van der Waals surface area contributed by atoms with Gasteiger partial charge in [-0.1, -0.05) is 19.8 Å². The Balaban J connectivity index is 2.25. The van der Waals surface area contributed by atoms with Crippen molar-refractivity contribution >= 4 is 33.3 Å². The second kappa shape index (κ2) is 5.97. The summed E-state index contributed by atoms with van der Waals surface area (Å²) in [5.74, 6) is -0.231. The van der Waals surface area contributed by atoms with E-state index >= 15 is 0 Å². The topological polar surface area (TPSA) is 75.1 Å². The van der Waals surface area contributed by atoms with E-state index in [-0.39, 0.29) is 0 Å². The number of aromatic nitrogens is 2. The molecule has 0 radical (unpaired) electrons. The van der Waals surface area contributed by atoms with Crippen LogP contribution in [0.5, 0.6) is 0 Å². The first kappa shape index (κ1) is 13.7. The first-order valence-electron chi connectivity index (χ1n) is 6.32. The number of aryl methyl sites for hydroxylation is 1. The summed E-state index contributed by atoms with van der Waals surface area (Å²) in [7, 11) is 0. The average molecular weight is 279 g/mol. The lowest BCUT2D eigenvalue weighted by Gasteiger charge is -2.14. The smallest absolute Gasteiger partial charge is 0.326 e. The maximum absolute atomic E-state index is 11.2. The summed E-state index contributed by atoms with van der Waals surface area (Å²) in [5.41, 5.74) is 0. The van der Waals surface area contributed by atoms with Crippen molar-refractivity contribution in [2.45, 2.75) is 39.2 Å². The van der Waals surface area contributed by atoms with Gasteiger partial charge in [0.15, 0.2) is 0 Å². The van der Waals surface area contributed by atoms with E-state index < -0.39 is 12.0 Å². The zero-order chi connectivity index (χ0) is 13.8. The minimum absolute atomic E-state index is 0.598. The lowest BCUT2D eigenvalue weighted by Crippen LogP contribution is -2.29. The molecule has 0 fully saturated rings. The van der Waals surface area contributed by atoms with Gasteiger partial charge in [0.05, 0.1) is 5.39 Å². The predicted molar refractivity (Wildman–Crippen MR) is 76.7 cm³/mol. The SMILES string of the molecule is CCCCC(Nc1ncnc2sc(C)cc12)C(=O)O. The standard InChI is InChI=1S/C13H17N3O2S/c1-3-4-5-10(13(17)18)16-11-9-6-8(2)19-12(9)15-7-14-11/h6-7,10H,3-5H2,1-2H3,(H,17,18)(H,14,15,16). The molecule has 1 atom stereocenters. The molecule has 1 unspecified atom stereocenters. The number of hydrogen-bond acceptors (Lipinski definition) is 5. The van der Waals surface area contributed by atoms with Gasteiger partial charge in [-0.2, -0.15) is 0 Å². The predicted octanol–water partition coefficient (Wildman–Crippen LogP) is 3.06. The van der Waals surface area contributed by atoms with E-state index in [2.05, 4.69) is 15.3 Å². The Labute approximate surface area is 115 Å². The van der Waals surface area contributed by atoms with Crippen molar-refractivity contribution in [3.8, 4) is 0 Å². The van der Waals surface area contributed by atoms with Crippen LogP contribution in [-0.2, 0) is 4.79 Å². The molecule has 0 aromatic carbocycles. The lowest BCUT2D eigenvalue weighted by molar-refractivity contribution is -0.138. The minimum atomic E-state index is -0.841. The highest BCUT2D eigenvalue weighted by Crippen LogP contribution is 2.28. The molecule has 2 heterocycles. The van der Waals surface area contributed by atoms with Crippen LogP contribution in [0.25, 0.3) is 10.2 Å². The Bertz CT molecular complexity index is 582. The van der Waals surface area contributed by atoms with Crippen molar-refractivity contribution in [3.63, 3.8) is 0 Å². The Hall–Kier alpha value is -1.69. The fourth-order valence-corrected chi connectivity index (χ4v) is 2.77. The summed E-state index contributed by atoms with van der Waals surface area (Å²) in [6.45, 7) is 4.05. The molecule has 0 saturated heterocycles. The fourth-order valence-electron chi connectivity index (χ4n) is 1.92. The van der Waals surface area contributed by atoms with Crippen molar-refractivity contribution in [1.82, 2.24) is 9.97 Å². The second-order valence-corrected chi connectivity index (χ2v) is 5.71. The number of fused-ring (bicyclic) bond motifs is 1. The number of anilines is 1. The van der Waals surface area contributed by atoms with E-state index in [9.17, 15) is 9.90 Å². The van der Waals surface area contributed by atoms with E-state index in [0.29, 0.717) is 12.2 Å². The largest absolute Gasteiger partial charge is 0.480 e. The quantitative estimate of drug-likeness (QED) is 0.850. The number of unbranched alkanes of at least 4 members (excludes halogenated alkanes) is 1. The molecule has 0 saturated carbocycles. The molecular weight excluding hydrogens is 262 g/mol. The molecule has 5 nitrogen and oxygen atoms in total. The molecule has 2 aromatic heterocycles. The number of rotatable bonds is 6. The van der Waals surface area contributed by atoms with Crippen LogP contribution in [0.2, 0.25) is 0 Å². The van der Waals surface area contributed by atoms with E-state index in [1.165, 1.54) is 6.33 Å². The molecule has 2 aromatic rings. The second-order valence-electron chi connectivity index (χ2n) is 4.48. The number of carboxylic acid groups (broad SMARTS) is 1. The highest BCUT2D eigenvalue weighted by Gasteiger charge is 2.18. The number of thiophene rings is 1. The van der Waals surface area contributed by atoms with Gasteiger partial charge in [0.25, 0.3) is 0 Å². The minimum Gasteiger partial charge on any atom is -0.480 e. The molecule has 0 aliphatic heterocycles. The number of aliphatic carboxylic acids is 1. The number of carboxylic acids is 1. The van der Waals surface area contributed by atoms with Crippen LogP contribution >= 0.6 is 11.3 Å². The van der Waals surface area contributed by atoms with Gasteiger partial charge < -0.3 is 10.4 Å². The third-order valence-corrected chi connectivity index (χ3v) is 3.87. The lowest BCUT2D eigenvalue weighted by atomic mass is 10.1. The number of nitrogens with one attached hydrogen (secondary N) is 1. The number of nitrogens with zero attached hydrogens (tertiary/aromatic N) is 2. The first-order chi connectivity index (χ1) is 9.11. The highest BCUT2D eigenvalue weighted by atomic mass is 32.1. The van der Waals surface area contributed by atoms with Crippen LogP contribution in [0.3, 0.4) is 0 Å². The van der Waals surface area contributed by atoms with Crippen molar-refractivity contribution in [1.29, 1.82) is 0 Å². The van der Waals surface area contributed by atoms with Crippen LogP contribution in [0, 0.1) is 6.92 Å². The first-order valence-corrected chi connectivity index (χ1v) is 7.14. The Kier molecular flexibility index (Phi) is 4.31. The molecule has 19 heavy (non-hydrogen) atoms. The van der Waals surface area contributed by atoms with Crippen molar-refractivity contribution < 1.29 is 9.90 Å². The van der Waals surface area contributed by atoms with Crippen LogP contribution in [-0.4, -0.2) is 27.1 Å². The summed E-state index contributed by atoms with van der Waals surface area (Å²) < 4.78 is 0. The third kappa shape index (κ3) is 3.20. The molecule has 102 valence electrons. The van der Waals surface area contributed by atoms with Gasteiger partial charge >= 0.3 is 5.97 Å². The maximum atomic E-state index is 11.2. The Morgan fingerprint density at radius 2 is 2.32 bits per heavy atom. The molecule has 6 heteroatoms. The normalized spacial score (nSPS) is 12.5. The van der Waals surface area contributed by atoms with Gasteiger partial charge in [-0.15, -0.1) is 11.3 Å². The van der Waals surface area contributed by atoms with Gasteiger partial charge in [0.2, 0.25) is 0 Å². The Morgan fingerprint density at radius 1 is 1.53 bits per heavy atom. The van der Waals surface area contributed by atoms with Crippen molar-refractivity contribution in [2.24, 2.45) is 0 Å². The molecule has 2 N–H and O–H groups in total. The van der Waals surface area contributed by atoms with E-state index in [1.54, 1.807) is 11.3 Å². The molecule has 0 aliphatic rings. The van der Waals surface area contributed by atoms with E-state index in [4.69, 9.17) is 0 Å². The van der Waals surface area contributed by atoms with Gasteiger partial charge in [-0.25, -0.2) is 14.8 Å². The zero-order valence-electron chi connectivity index (χ0n) is 11.0. The summed E-state index contributed by atoms with van der Waals surface area (Å²) in [6, 6.07) is 1.39. The summed E-state index contributed by atoms with van der Waals surface area (Å²) in [6.07, 6.45) is 3.92. The molecule has 0 spiro atoms. The van der Waals surface area contributed by atoms with Crippen molar-refractivity contribution in [3.05, 3.63) is 17.3 Å². The zero-order valence-corrected chi connectivity index (χ0v) is 11.8. The fraction of sp³-hybridized carbons (Fsp3) is 0.462. The summed E-state index contributed by atoms with van der Waals surface area (Å²) in [4.78, 5) is 21.6. The Morgan fingerprint density at radius 3 is 3.00 bits per heavy atom. The van der Waals surface area contributed by atoms with Crippen molar-refractivity contribution in [2.75, 3.05) is 5.32 Å². The highest BCUT2D eigenvalue weighted by molar-refractivity contribution is 7.18. The molecule has 0 bridgehead atoms. The summed E-state index contributed by atoms with van der Waals surface area (Å²) >= 11 is 1.58. The van der Waals surface area contributed by atoms with Gasteiger partial charge in [-0.05, 0) is 19.4 Å². The van der Waals surface area contributed by atoms with Gasteiger partial charge in [-0.3, -0.25) is 0 Å². The third-order valence-electron chi connectivity index (χ3n) is 2.91. The molecule has 0 aliphatic carbocycles. The maximum Gasteiger partial charge on any atom is 0.326 e. The molecule has 0 amide bonds. The van der Waals surface area contributed by atoms with Gasteiger partial charge in [0.1, 0.15) is 23.0 Å².